The number of guanidine groups is 1. The van der Waals surface area contributed by atoms with E-state index >= 15 is 0 Å². The lowest BCUT2D eigenvalue weighted by atomic mass is 10.1. The fraction of sp³-hybridized carbons (Fsp3) is 0.625. The zero-order valence-corrected chi connectivity index (χ0v) is 19.0. The highest BCUT2D eigenvalue weighted by molar-refractivity contribution is 5.84. The summed E-state index contributed by atoms with van der Waals surface area (Å²) in [6, 6.07) is 8.77. The molecule has 1 aromatic carbocycles. The van der Waals surface area contributed by atoms with E-state index < -0.39 is 12.0 Å². The molecule has 0 aliphatic heterocycles. The van der Waals surface area contributed by atoms with E-state index in [1.165, 1.54) is 32.1 Å². The van der Waals surface area contributed by atoms with Crippen LogP contribution in [0.2, 0.25) is 0 Å². The van der Waals surface area contributed by atoms with Crippen molar-refractivity contribution in [2.75, 3.05) is 6.54 Å². The van der Waals surface area contributed by atoms with E-state index in [1.54, 1.807) is 0 Å². The van der Waals surface area contributed by atoms with Crippen LogP contribution in [-0.2, 0) is 20.9 Å². The number of hydrogen-bond donors (Lipinski definition) is 3. The van der Waals surface area contributed by atoms with Crippen molar-refractivity contribution in [2.45, 2.75) is 90.2 Å². The molecule has 0 saturated heterocycles. The molecular weight excluding hydrogens is 392 g/mol. The molecule has 0 unspecified atom stereocenters. The van der Waals surface area contributed by atoms with Crippen LogP contribution >= 0.6 is 0 Å². The van der Waals surface area contributed by atoms with Crippen molar-refractivity contribution in [1.82, 2.24) is 5.32 Å². The lowest BCUT2D eigenvalue weighted by Gasteiger charge is -2.17. The number of nitrogens with two attached hydrogens (primary N) is 2. The van der Waals surface area contributed by atoms with E-state index in [0.29, 0.717) is 25.8 Å². The maximum absolute atomic E-state index is 12.6. The van der Waals surface area contributed by atoms with Gasteiger partial charge >= 0.3 is 5.97 Å². The molecule has 0 aliphatic carbocycles. The van der Waals surface area contributed by atoms with Crippen molar-refractivity contribution >= 4 is 17.8 Å². The van der Waals surface area contributed by atoms with Crippen LogP contribution in [0.4, 0.5) is 0 Å². The van der Waals surface area contributed by atoms with E-state index in [4.69, 9.17) is 16.2 Å². The summed E-state index contributed by atoms with van der Waals surface area (Å²) < 4.78 is 5.42. The molecule has 0 heterocycles. The predicted octanol–water partition coefficient (Wildman–Crippen LogP) is 3.80. The lowest BCUT2D eigenvalue weighted by Crippen LogP contribution is -2.41. The first-order valence-electron chi connectivity index (χ1n) is 11.6. The Morgan fingerprint density at radius 3 is 2.26 bits per heavy atom. The van der Waals surface area contributed by atoms with E-state index in [1.807, 2.05) is 30.3 Å². The van der Waals surface area contributed by atoms with Gasteiger partial charge in [0.1, 0.15) is 12.6 Å². The summed E-state index contributed by atoms with van der Waals surface area (Å²) in [5.74, 6) is -0.533. The molecule has 7 nitrogen and oxygen atoms in total. The minimum atomic E-state index is -0.695. The minimum Gasteiger partial charge on any atom is -0.459 e. The average Bonchev–Trinajstić information content (AvgIpc) is 2.76. The minimum absolute atomic E-state index is 0.0157. The molecule has 0 radical (unpaired) electrons. The Hall–Kier alpha value is -2.57. The molecule has 31 heavy (non-hydrogen) atoms. The molecule has 7 heteroatoms. The van der Waals surface area contributed by atoms with Gasteiger partial charge in [0.2, 0.25) is 5.91 Å². The highest BCUT2D eigenvalue weighted by Crippen LogP contribution is 2.10. The SMILES string of the molecule is CCCCCCCCCCC(=O)N[C@@H](CCCN=C(N)N)C(=O)OCc1ccccc1. The summed E-state index contributed by atoms with van der Waals surface area (Å²) in [6.07, 6.45) is 10.8. The van der Waals surface area contributed by atoms with Gasteiger partial charge in [0.15, 0.2) is 5.96 Å². The van der Waals surface area contributed by atoms with Gasteiger partial charge in [0, 0.05) is 13.0 Å². The van der Waals surface area contributed by atoms with Crippen molar-refractivity contribution in [3.05, 3.63) is 35.9 Å². The molecule has 1 amide bonds. The van der Waals surface area contributed by atoms with Crippen molar-refractivity contribution < 1.29 is 14.3 Å². The van der Waals surface area contributed by atoms with Gasteiger partial charge in [0.05, 0.1) is 0 Å². The summed E-state index contributed by atoms with van der Waals surface area (Å²) in [5, 5.41) is 2.84. The Kier molecular flexibility index (Phi) is 14.6. The van der Waals surface area contributed by atoms with Gasteiger partial charge < -0.3 is 21.5 Å². The third kappa shape index (κ3) is 14.1. The summed E-state index contributed by atoms with van der Waals surface area (Å²) in [5.41, 5.74) is 11.6. The third-order valence-electron chi connectivity index (χ3n) is 5.05. The van der Waals surface area contributed by atoms with E-state index in [0.717, 1.165) is 24.8 Å². The van der Waals surface area contributed by atoms with Crippen LogP contribution in [0.1, 0.15) is 83.1 Å². The first kappa shape index (κ1) is 26.5. The van der Waals surface area contributed by atoms with Crippen LogP contribution in [0.15, 0.2) is 35.3 Å². The van der Waals surface area contributed by atoms with Gasteiger partial charge in [-0.05, 0) is 24.8 Å². The molecule has 0 aliphatic rings. The highest BCUT2D eigenvalue weighted by Gasteiger charge is 2.22. The Balaban J connectivity index is 2.40. The number of ether oxygens (including phenoxy) is 1. The molecule has 0 fully saturated rings. The second kappa shape index (κ2) is 17.1. The number of rotatable bonds is 17. The topological polar surface area (TPSA) is 120 Å². The summed E-state index contributed by atoms with van der Waals surface area (Å²) >= 11 is 0. The van der Waals surface area contributed by atoms with Gasteiger partial charge in [0.25, 0.3) is 0 Å². The standard InChI is InChI=1S/C24H40N4O3/c1-2-3-4-5-6-7-8-12-17-22(29)28-21(16-13-18-27-24(25)26)23(30)31-19-20-14-10-9-11-15-20/h9-11,14-15,21H,2-8,12-13,16-19H2,1H3,(H,28,29)(H4,25,26,27)/t21-/m0/s1. The Morgan fingerprint density at radius 1 is 0.968 bits per heavy atom. The number of hydrogen-bond acceptors (Lipinski definition) is 4. The van der Waals surface area contributed by atoms with E-state index in [2.05, 4.69) is 17.2 Å². The summed E-state index contributed by atoms with van der Waals surface area (Å²) in [6.45, 7) is 2.79. The maximum atomic E-state index is 12.6. The van der Waals surface area contributed by atoms with Crippen molar-refractivity contribution in [3.8, 4) is 0 Å². The van der Waals surface area contributed by atoms with Crippen LogP contribution in [0.5, 0.6) is 0 Å². The van der Waals surface area contributed by atoms with Gasteiger partial charge in [-0.2, -0.15) is 0 Å². The number of amides is 1. The fourth-order valence-electron chi connectivity index (χ4n) is 3.27. The average molecular weight is 433 g/mol. The van der Waals surface area contributed by atoms with Gasteiger partial charge in [-0.3, -0.25) is 9.79 Å². The molecule has 0 spiro atoms. The Bertz CT molecular complexity index is 645. The molecule has 0 bridgehead atoms. The number of benzene rings is 1. The number of carbonyl (C=O) groups excluding carboxylic acids is 2. The number of aliphatic imine (C=N–C) groups is 1. The number of unbranched alkanes of at least 4 members (excludes halogenated alkanes) is 7. The van der Waals surface area contributed by atoms with Crippen LogP contribution in [-0.4, -0.2) is 30.4 Å². The lowest BCUT2D eigenvalue weighted by molar-refractivity contribution is -0.149. The van der Waals surface area contributed by atoms with Gasteiger partial charge in [-0.25, -0.2) is 4.79 Å². The smallest absolute Gasteiger partial charge is 0.328 e. The van der Waals surface area contributed by atoms with E-state index in [-0.39, 0.29) is 18.5 Å². The first-order chi connectivity index (χ1) is 15.0. The van der Waals surface area contributed by atoms with Crippen LogP contribution in [0.3, 0.4) is 0 Å². The summed E-state index contributed by atoms with van der Waals surface area (Å²) in [4.78, 5) is 28.9. The zero-order chi connectivity index (χ0) is 22.7. The third-order valence-corrected chi connectivity index (χ3v) is 5.05. The monoisotopic (exact) mass is 432 g/mol. The molecule has 5 N–H and O–H groups in total. The molecule has 174 valence electrons. The number of nitrogens with one attached hydrogen (secondary N) is 1. The largest absolute Gasteiger partial charge is 0.459 e. The maximum Gasteiger partial charge on any atom is 0.328 e. The molecule has 0 aromatic heterocycles. The molecule has 1 rings (SSSR count). The second-order valence-corrected chi connectivity index (χ2v) is 7.89. The summed E-state index contributed by atoms with van der Waals surface area (Å²) in [7, 11) is 0. The predicted molar refractivity (Wildman–Crippen MR) is 125 cm³/mol. The fourth-order valence-corrected chi connectivity index (χ4v) is 3.27. The number of esters is 1. The van der Waals surface area contributed by atoms with E-state index in [9.17, 15) is 9.59 Å². The Morgan fingerprint density at radius 2 is 1.61 bits per heavy atom. The van der Waals surface area contributed by atoms with Crippen LogP contribution < -0.4 is 16.8 Å². The number of carbonyl (C=O) groups is 2. The molecular formula is C24H40N4O3. The van der Waals surface area contributed by atoms with Crippen LogP contribution in [0.25, 0.3) is 0 Å². The quantitative estimate of drug-likeness (QED) is 0.150. The first-order valence-corrected chi connectivity index (χ1v) is 11.6. The highest BCUT2D eigenvalue weighted by atomic mass is 16.5. The van der Waals surface area contributed by atoms with Crippen LogP contribution in [0, 0.1) is 0 Å². The van der Waals surface area contributed by atoms with Crippen molar-refractivity contribution in [2.24, 2.45) is 16.5 Å². The zero-order valence-electron chi connectivity index (χ0n) is 19.0. The molecule has 1 aromatic rings. The van der Waals surface area contributed by atoms with Gasteiger partial charge in [-0.1, -0.05) is 82.2 Å². The molecule has 0 saturated carbocycles. The Labute approximate surface area is 187 Å². The normalized spacial score (nSPS) is 11.5. The second-order valence-electron chi connectivity index (χ2n) is 7.89. The van der Waals surface area contributed by atoms with Crippen molar-refractivity contribution in [1.29, 1.82) is 0 Å². The van der Waals surface area contributed by atoms with Crippen molar-refractivity contribution in [3.63, 3.8) is 0 Å². The molecule has 1 atom stereocenters. The van der Waals surface area contributed by atoms with Gasteiger partial charge in [-0.15, -0.1) is 0 Å². The number of nitrogens with zero attached hydrogens (tertiary/aromatic N) is 1.